The summed E-state index contributed by atoms with van der Waals surface area (Å²) in [4.78, 5) is 4.86. The molecule has 0 bridgehead atoms. The molecule has 2 aromatic carbocycles. The highest BCUT2D eigenvalue weighted by atomic mass is 19.1. The number of benzene rings is 2. The van der Waals surface area contributed by atoms with Crippen molar-refractivity contribution in [3.8, 4) is 0 Å². The Labute approximate surface area is 336 Å². The Morgan fingerprint density at radius 1 is 0.982 bits per heavy atom. The van der Waals surface area contributed by atoms with Crippen LogP contribution in [-0.2, 0) is 6.42 Å². The van der Waals surface area contributed by atoms with Gasteiger partial charge in [-0.2, -0.15) is 0 Å². The summed E-state index contributed by atoms with van der Waals surface area (Å²) in [6.45, 7) is 34.2. The van der Waals surface area contributed by atoms with Crippen LogP contribution in [0.15, 0.2) is 137 Å². The number of rotatable bonds is 12. The minimum absolute atomic E-state index is 0.150. The summed E-state index contributed by atoms with van der Waals surface area (Å²) < 4.78 is 12.5. The molecular weight excluding hydrogens is 674 g/mol. The predicted octanol–water partition coefficient (Wildman–Crippen LogP) is 14.4. The van der Waals surface area contributed by atoms with Crippen molar-refractivity contribution in [2.45, 2.75) is 134 Å². The molecule has 0 radical (unpaired) electrons. The lowest BCUT2D eigenvalue weighted by molar-refractivity contribution is 0.242. The first-order valence-corrected chi connectivity index (χ1v) is 21.1. The third-order valence-electron chi connectivity index (χ3n) is 10.5. The van der Waals surface area contributed by atoms with Crippen LogP contribution in [0.1, 0.15) is 131 Å². The van der Waals surface area contributed by atoms with Crippen molar-refractivity contribution in [1.82, 2.24) is 15.1 Å². The highest BCUT2D eigenvalue weighted by Crippen LogP contribution is 2.38. The topological polar surface area (TPSA) is 18.5 Å². The summed E-state index contributed by atoms with van der Waals surface area (Å²) in [6, 6.07) is 15.8. The lowest BCUT2D eigenvalue weighted by Gasteiger charge is -2.40. The molecule has 2 aromatic rings. The molecule has 3 aliphatic rings. The zero-order valence-electron chi connectivity index (χ0n) is 36.5. The van der Waals surface area contributed by atoms with Crippen LogP contribution >= 0.6 is 0 Å². The molecule has 1 saturated heterocycles. The Hall–Kier alpha value is -4.31. The van der Waals surface area contributed by atoms with Crippen LogP contribution in [0.3, 0.4) is 0 Å². The van der Waals surface area contributed by atoms with E-state index in [2.05, 4.69) is 138 Å². The fourth-order valence-electron chi connectivity index (χ4n) is 6.81. The quantitative estimate of drug-likeness (QED) is 0.218. The molecule has 55 heavy (non-hydrogen) atoms. The van der Waals surface area contributed by atoms with Gasteiger partial charge in [-0.3, -0.25) is 0 Å². The largest absolute Gasteiger partial charge is 0.381 e. The molecule has 4 heteroatoms. The Morgan fingerprint density at radius 2 is 1.65 bits per heavy atom. The maximum Gasteiger partial charge on any atom is 0.123 e. The van der Waals surface area contributed by atoms with Crippen molar-refractivity contribution in [1.29, 1.82) is 0 Å². The van der Waals surface area contributed by atoms with Crippen molar-refractivity contribution >= 4 is 6.08 Å². The van der Waals surface area contributed by atoms with Gasteiger partial charge in [-0.15, -0.1) is 0 Å². The minimum atomic E-state index is -0.150. The van der Waals surface area contributed by atoms with Crippen molar-refractivity contribution in [3.63, 3.8) is 0 Å². The van der Waals surface area contributed by atoms with E-state index in [-0.39, 0.29) is 5.82 Å². The molecule has 1 aliphatic carbocycles. The number of likely N-dealkylation sites (tertiary alicyclic amines) is 1. The van der Waals surface area contributed by atoms with E-state index in [9.17, 15) is 4.39 Å². The van der Waals surface area contributed by atoms with Crippen LogP contribution < -0.4 is 5.32 Å². The van der Waals surface area contributed by atoms with E-state index in [1.165, 1.54) is 95.5 Å². The molecule has 300 valence electrons. The molecule has 1 saturated carbocycles. The van der Waals surface area contributed by atoms with Gasteiger partial charge >= 0.3 is 0 Å². The molecule has 2 heterocycles. The number of hydrogen-bond acceptors (Lipinski definition) is 3. The normalized spacial score (nSPS) is 17.6. The molecule has 0 amide bonds. The van der Waals surface area contributed by atoms with Crippen LogP contribution in [0.4, 0.5) is 4.39 Å². The summed E-state index contributed by atoms with van der Waals surface area (Å²) in [5.41, 5.74) is 13.9. The van der Waals surface area contributed by atoms with Crippen LogP contribution in [0.25, 0.3) is 6.08 Å². The van der Waals surface area contributed by atoms with Gasteiger partial charge in [-0.05, 0) is 142 Å². The van der Waals surface area contributed by atoms with E-state index in [1.807, 2.05) is 39.8 Å². The van der Waals surface area contributed by atoms with Crippen LogP contribution in [0.2, 0.25) is 0 Å². The van der Waals surface area contributed by atoms with E-state index in [0.29, 0.717) is 12.0 Å². The van der Waals surface area contributed by atoms with Gasteiger partial charge in [-0.25, -0.2) is 4.39 Å². The number of piperidine rings is 1. The molecule has 1 N–H and O–H groups in total. The Bertz CT molecular complexity index is 1690. The Balaban J connectivity index is 0.000000549. The van der Waals surface area contributed by atoms with Gasteiger partial charge in [0.25, 0.3) is 0 Å². The number of hydrogen-bond donors (Lipinski definition) is 1. The minimum Gasteiger partial charge on any atom is -0.381 e. The zero-order chi connectivity index (χ0) is 40.9. The van der Waals surface area contributed by atoms with E-state index in [1.54, 1.807) is 5.57 Å². The van der Waals surface area contributed by atoms with Crippen molar-refractivity contribution in [2.75, 3.05) is 13.1 Å². The van der Waals surface area contributed by atoms with E-state index in [0.717, 1.165) is 37.3 Å². The smallest absolute Gasteiger partial charge is 0.123 e. The van der Waals surface area contributed by atoms with Gasteiger partial charge in [0.2, 0.25) is 0 Å². The van der Waals surface area contributed by atoms with Crippen molar-refractivity contribution < 1.29 is 4.39 Å². The second-order valence-electron chi connectivity index (χ2n) is 14.6. The SMILES string of the molecule is C=C(/C=C/CC)NC1CCCN(C(C2=CC(=C)N(/C(C)=C(C)/C(C)=C/c3ccccc3C)C=C2)=C2CCC2)C1.CC.CC.CCC(C)Cc1ccc(F)cc1. The van der Waals surface area contributed by atoms with Gasteiger partial charge in [0.05, 0.1) is 0 Å². The molecule has 0 spiro atoms. The Morgan fingerprint density at radius 3 is 2.24 bits per heavy atom. The van der Waals surface area contributed by atoms with E-state index in [4.69, 9.17) is 0 Å². The second kappa shape index (κ2) is 25.0. The first-order chi connectivity index (χ1) is 26.5. The summed E-state index contributed by atoms with van der Waals surface area (Å²) in [6.07, 6.45) is 22.7. The third-order valence-corrected chi connectivity index (χ3v) is 10.5. The zero-order valence-corrected chi connectivity index (χ0v) is 36.5. The summed E-state index contributed by atoms with van der Waals surface area (Å²) in [5, 5.41) is 3.67. The van der Waals surface area contributed by atoms with Crippen LogP contribution in [0.5, 0.6) is 0 Å². The highest BCUT2D eigenvalue weighted by molar-refractivity contribution is 5.61. The highest BCUT2D eigenvalue weighted by Gasteiger charge is 2.28. The first-order valence-electron chi connectivity index (χ1n) is 21.1. The molecule has 2 atom stereocenters. The third kappa shape index (κ3) is 14.7. The standard InChI is InChI=1S/C36H47N3.C11H15F.2C2H6/c1-8-9-15-28(4)37-35-19-13-21-38(25-35)36(32-17-12-18-32)34-20-22-39(29(5)24-34)31(7)30(6)27(3)23-33-16-11-10-14-26(33)2;1-3-9(2)8-10-4-6-11(12)7-5-10;2*1-2/h9-11,14-16,20,22-24,35,37H,4-5,8,12-13,17-19,21,25H2,1-3,6-7H3;4-7,9H,3,8H2,1-2H3;2*1-2H3/b15-9+,27-23+,31-30+;;;. The molecule has 3 nitrogen and oxygen atoms in total. The maximum absolute atomic E-state index is 12.5. The monoisotopic (exact) mass is 748 g/mol. The van der Waals surface area contributed by atoms with Crippen LogP contribution in [0, 0.1) is 18.7 Å². The second-order valence-corrected chi connectivity index (χ2v) is 14.6. The molecule has 2 aliphatic heterocycles. The van der Waals surface area contributed by atoms with E-state index >= 15 is 0 Å². The number of allylic oxidation sites excluding steroid dienone is 8. The fourth-order valence-corrected chi connectivity index (χ4v) is 6.81. The van der Waals surface area contributed by atoms with Gasteiger partial charge in [0.15, 0.2) is 0 Å². The molecule has 5 rings (SSSR count). The predicted molar refractivity (Wildman–Crippen MR) is 241 cm³/mol. The number of halogens is 1. The number of nitrogens with zero attached hydrogens (tertiary/aromatic N) is 2. The molecular formula is C51H74FN3. The molecule has 2 fully saturated rings. The average molecular weight is 748 g/mol. The molecule has 2 unspecified atom stereocenters. The van der Waals surface area contributed by atoms with Crippen molar-refractivity contribution in [2.24, 2.45) is 5.92 Å². The van der Waals surface area contributed by atoms with Gasteiger partial charge in [0, 0.05) is 53.7 Å². The van der Waals surface area contributed by atoms with Gasteiger partial charge in [-0.1, -0.05) is 117 Å². The van der Waals surface area contributed by atoms with Crippen molar-refractivity contribution in [3.05, 3.63) is 160 Å². The number of aryl methyl sites for hydroxylation is 1. The van der Waals surface area contributed by atoms with Crippen LogP contribution in [-0.4, -0.2) is 28.9 Å². The number of nitrogens with one attached hydrogen (secondary N) is 1. The van der Waals surface area contributed by atoms with Gasteiger partial charge in [0.1, 0.15) is 5.82 Å². The molecule has 0 aromatic heterocycles. The lowest BCUT2D eigenvalue weighted by Crippen LogP contribution is -2.45. The van der Waals surface area contributed by atoms with Gasteiger partial charge < -0.3 is 15.1 Å². The summed E-state index contributed by atoms with van der Waals surface area (Å²) >= 11 is 0. The maximum atomic E-state index is 12.5. The average Bonchev–Trinajstić information content (AvgIpc) is 3.18. The van der Waals surface area contributed by atoms with E-state index < -0.39 is 0 Å². The summed E-state index contributed by atoms with van der Waals surface area (Å²) in [5.74, 6) is 0.540. The Kier molecular flexibility index (Phi) is 21.3. The lowest BCUT2D eigenvalue weighted by atomic mass is 9.86. The first kappa shape index (κ1) is 46.8. The fraction of sp³-hybridized carbons (Fsp3) is 0.451. The summed E-state index contributed by atoms with van der Waals surface area (Å²) in [7, 11) is 0.